The van der Waals surface area contributed by atoms with E-state index in [2.05, 4.69) is 16.0 Å². The lowest BCUT2D eigenvalue weighted by atomic mass is 10.2. The van der Waals surface area contributed by atoms with Gasteiger partial charge in [-0.3, -0.25) is 5.32 Å². The van der Waals surface area contributed by atoms with E-state index in [1.807, 2.05) is 0 Å². The molecule has 0 aromatic heterocycles. The summed E-state index contributed by atoms with van der Waals surface area (Å²) in [5, 5.41) is 8.42. The molecule has 2 atom stereocenters. The van der Waals surface area contributed by atoms with Crippen LogP contribution < -0.4 is 16.0 Å². The van der Waals surface area contributed by atoms with E-state index in [1.165, 1.54) is 32.1 Å². The number of carbonyl (C=O) groups excluding carboxylic acids is 1. The minimum absolute atomic E-state index is 0.0123. The summed E-state index contributed by atoms with van der Waals surface area (Å²) in [6.07, 6.45) is 9.08. The minimum Gasteiger partial charge on any atom is -0.396 e. The van der Waals surface area contributed by atoms with E-state index < -0.39 is 0 Å². The number of quaternary nitrogens is 1. The van der Waals surface area contributed by atoms with Crippen LogP contribution >= 0.6 is 0 Å². The molecule has 2 rings (SSSR count). The third-order valence-electron chi connectivity index (χ3n) is 3.73. The summed E-state index contributed by atoms with van der Waals surface area (Å²) in [6, 6.07) is 0. The highest BCUT2D eigenvalue weighted by Crippen LogP contribution is 2.08. The molecule has 0 aromatic carbocycles. The normalized spacial score (nSPS) is 30.0. The van der Waals surface area contributed by atoms with Crippen LogP contribution in [0.2, 0.25) is 0 Å². The predicted molar refractivity (Wildman–Crippen MR) is 68.9 cm³/mol. The molecule has 4 N–H and O–H groups in total. The van der Waals surface area contributed by atoms with Gasteiger partial charge in [-0.2, -0.15) is 0 Å². The average molecular weight is 256 g/mol. The van der Waals surface area contributed by atoms with Crippen molar-refractivity contribution < 1.29 is 14.8 Å². The smallest absolute Gasteiger partial charge is 0.396 e. The van der Waals surface area contributed by atoms with E-state index in [1.54, 1.807) is 0 Å². The summed E-state index contributed by atoms with van der Waals surface area (Å²) in [6.45, 7) is 2.06. The molecule has 2 aliphatic rings. The highest BCUT2D eigenvalue weighted by atomic mass is 16.6. The van der Waals surface area contributed by atoms with Gasteiger partial charge < -0.3 is 15.4 Å². The average Bonchev–Trinajstić information content (AvgIpc) is 2.74. The van der Waals surface area contributed by atoms with Crippen LogP contribution in [0.4, 0.5) is 4.79 Å². The molecule has 0 saturated carbocycles. The highest BCUT2D eigenvalue weighted by molar-refractivity contribution is 5.67. The third-order valence-corrected chi connectivity index (χ3v) is 3.73. The maximum atomic E-state index is 11.8. The lowest BCUT2D eigenvalue weighted by molar-refractivity contribution is -0.719. The fourth-order valence-electron chi connectivity index (χ4n) is 2.66. The van der Waals surface area contributed by atoms with E-state index in [0.717, 1.165) is 32.4 Å². The van der Waals surface area contributed by atoms with Crippen LogP contribution in [0.15, 0.2) is 0 Å². The van der Waals surface area contributed by atoms with Gasteiger partial charge in [-0.1, -0.05) is 12.8 Å². The summed E-state index contributed by atoms with van der Waals surface area (Å²) < 4.78 is 5.47. The maximum absolute atomic E-state index is 11.8. The first-order chi connectivity index (χ1) is 8.84. The zero-order chi connectivity index (χ0) is 12.6. The Bertz CT molecular complexity index is 221. The van der Waals surface area contributed by atoms with Crippen molar-refractivity contribution in [3.63, 3.8) is 0 Å². The number of alkyl carbamates (subject to hydrolysis) is 1. The van der Waals surface area contributed by atoms with Gasteiger partial charge in [0, 0.05) is 6.42 Å². The van der Waals surface area contributed by atoms with E-state index >= 15 is 0 Å². The molecule has 0 bridgehead atoms. The van der Waals surface area contributed by atoms with E-state index in [9.17, 15) is 4.79 Å². The van der Waals surface area contributed by atoms with Crippen LogP contribution in [0.25, 0.3) is 0 Å². The summed E-state index contributed by atoms with van der Waals surface area (Å²) in [5.74, 6) is 0. The van der Waals surface area contributed by atoms with Crippen molar-refractivity contribution in [2.45, 2.75) is 63.8 Å². The van der Waals surface area contributed by atoms with Crippen LogP contribution in [-0.2, 0) is 4.74 Å². The molecule has 0 aromatic rings. The van der Waals surface area contributed by atoms with Crippen molar-refractivity contribution in [1.82, 2.24) is 10.6 Å². The lowest BCUT2D eigenvalue weighted by Crippen LogP contribution is -2.90. The summed E-state index contributed by atoms with van der Waals surface area (Å²) in [4.78, 5) is 11.8. The number of carbonyl (C=O) groups is 1. The van der Waals surface area contributed by atoms with Crippen molar-refractivity contribution in [1.29, 1.82) is 0 Å². The van der Waals surface area contributed by atoms with Crippen molar-refractivity contribution in [2.24, 2.45) is 0 Å². The number of ether oxygens (including phenoxy) is 1. The predicted octanol–water partition coefficient (Wildman–Crippen LogP) is 0.666. The Labute approximate surface area is 109 Å². The van der Waals surface area contributed by atoms with Gasteiger partial charge in [0.25, 0.3) is 0 Å². The Balaban J connectivity index is 1.69. The minimum atomic E-state index is -0.266. The van der Waals surface area contributed by atoms with Crippen molar-refractivity contribution in [3.05, 3.63) is 0 Å². The number of hydrogen-bond acceptors (Lipinski definition) is 3. The Morgan fingerprint density at radius 1 is 1.11 bits per heavy atom. The third kappa shape index (κ3) is 4.82. The highest BCUT2D eigenvalue weighted by Gasteiger charge is 2.21. The topological polar surface area (TPSA) is 67.0 Å². The largest absolute Gasteiger partial charge is 0.412 e. The molecule has 2 saturated heterocycles. The molecule has 2 unspecified atom stereocenters. The molecule has 18 heavy (non-hydrogen) atoms. The first-order valence-electron chi connectivity index (χ1n) is 7.38. The van der Waals surface area contributed by atoms with Crippen LogP contribution in [0.3, 0.4) is 0 Å². The van der Waals surface area contributed by atoms with Gasteiger partial charge in [0.2, 0.25) is 6.23 Å². The zero-order valence-electron chi connectivity index (χ0n) is 11.1. The monoisotopic (exact) mass is 256 g/mol. The first-order valence-corrected chi connectivity index (χ1v) is 7.38. The second-order valence-electron chi connectivity index (χ2n) is 5.32. The van der Waals surface area contributed by atoms with Crippen molar-refractivity contribution in [2.75, 3.05) is 13.1 Å². The standard InChI is InChI=1S/C13H25N3O2/c17-13(16-11-7-3-1-5-9-14-11)18-12-8-4-2-6-10-15-12/h11-12,14-15H,1-10H2,(H,16,17)/p+1. The number of hydrogen-bond donors (Lipinski definition) is 3. The first kappa shape index (κ1) is 13.6. The zero-order valence-corrected chi connectivity index (χ0v) is 11.1. The maximum Gasteiger partial charge on any atom is 0.412 e. The lowest BCUT2D eigenvalue weighted by Gasteiger charge is -2.19. The van der Waals surface area contributed by atoms with E-state index in [-0.39, 0.29) is 18.5 Å². The van der Waals surface area contributed by atoms with Crippen molar-refractivity contribution in [3.8, 4) is 0 Å². The van der Waals surface area contributed by atoms with Crippen LogP contribution in [0, 0.1) is 0 Å². The molecular formula is C13H26N3O2+. The number of nitrogens with one attached hydrogen (secondary N) is 2. The second-order valence-corrected chi connectivity index (χ2v) is 5.32. The van der Waals surface area contributed by atoms with Crippen LogP contribution in [0.1, 0.15) is 51.4 Å². The molecule has 0 radical (unpaired) electrons. The molecule has 104 valence electrons. The molecule has 5 nitrogen and oxygen atoms in total. The number of nitrogens with two attached hydrogens (primary N) is 1. The van der Waals surface area contributed by atoms with Gasteiger partial charge >= 0.3 is 6.09 Å². The molecule has 0 aliphatic carbocycles. The summed E-state index contributed by atoms with van der Waals surface area (Å²) >= 11 is 0. The van der Waals surface area contributed by atoms with Gasteiger partial charge in [0.05, 0.1) is 12.7 Å². The molecule has 2 heterocycles. The Kier molecular flexibility index (Phi) is 5.74. The molecule has 5 heteroatoms. The SMILES string of the molecule is O=C(NC1CCCCCN1)OC1CCCCC[NH2+]1. The van der Waals surface area contributed by atoms with Gasteiger partial charge in [0.15, 0.2) is 0 Å². The summed E-state index contributed by atoms with van der Waals surface area (Å²) in [7, 11) is 0. The fourth-order valence-corrected chi connectivity index (χ4v) is 2.66. The van der Waals surface area contributed by atoms with Gasteiger partial charge in [-0.15, -0.1) is 0 Å². The van der Waals surface area contributed by atoms with Crippen LogP contribution in [0.5, 0.6) is 0 Å². The van der Waals surface area contributed by atoms with Crippen LogP contribution in [-0.4, -0.2) is 31.6 Å². The Morgan fingerprint density at radius 2 is 1.94 bits per heavy atom. The quantitative estimate of drug-likeness (QED) is 0.680. The van der Waals surface area contributed by atoms with Gasteiger partial charge in [-0.05, 0) is 38.6 Å². The van der Waals surface area contributed by atoms with E-state index in [0.29, 0.717) is 0 Å². The molecular weight excluding hydrogens is 230 g/mol. The van der Waals surface area contributed by atoms with Gasteiger partial charge in [-0.25, -0.2) is 4.79 Å². The molecule has 2 fully saturated rings. The van der Waals surface area contributed by atoms with Gasteiger partial charge in [0.1, 0.15) is 0 Å². The molecule has 2 aliphatic heterocycles. The Morgan fingerprint density at radius 3 is 2.89 bits per heavy atom. The molecule has 1 amide bonds. The Hall–Kier alpha value is -0.810. The fraction of sp³-hybridized carbons (Fsp3) is 0.923. The summed E-state index contributed by atoms with van der Waals surface area (Å²) in [5.41, 5.74) is 0. The second kappa shape index (κ2) is 7.59. The number of amides is 1. The number of rotatable bonds is 2. The van der Waals surface area contributed by atoms with Crippen molar-refractivity contribution >= 4 is 6.09 Å². The molecule has 0 spiro atoms. The van der Waals surface area contributed by atoms with E-state index in [4.69, 9.17) is 4.74 Å².